The minimum atomic E-state index is -0.124. The van der Waals surface area contributed by atoms with Crippen molar-refractivity contribution in [3.05, 3.63) is 34.6 Å². The monoisotopic (exact) mass is 250 g/mol. The van der Waals surface area contributed by atoms with Crippen LogP contribution in [0.1, 0.15) is 20.9 Å². The molecule has 0 saturated heterocycles. The van der Waals surface area contributed by atoms with Crippen molar-refractivity contribution in [2.24, 2.45) is 7.05 Å². The number of aromatic nitrogens is 2. The molecule has 2 aromatic rings. The summed E-state index contributed by atoms with van der Waals surface area (Å²) in [4.78, 5) is 16.5. The average molecular weight is 250 g/mol. The maximum absolute atomic E-state index is 11.9. The summed E-state index contributed by atoms with van der Waals surface area (Å²) in [6.45, 7) is 2.29. The molecule has 5 nitrogen and oxygen atoms in total. The lowest BCUT2D eigenvalue weighted by Gasteiger charge is -2.01. The van der Waals surface area contributed by atoms with Crippen molar-refractivity contribution < 1.29 is 4.79 Å². The quantitative estimate of drug-likeness (QED) is 0.862. The fourth-order valence-corrected chi connectivity index (χ4v) is 2.31. The Morgan fingerprint density at radius 2 is 2.41 bits per heavy atom. The highest BCUT2D eigenvalue weighted by molar-refractivity contribution is 7.17. The Hall–Kier alpha value is -1.82. The van der Waals surface area contributed by atoms with E-state index in [9.17, 15) is 4.79 Å². The fraction of sp³-hybridized carbons (Fsp3) is 0.273. The van der Waals surface area contributed by atoms with Crippen LogP contribution in [-0.4, -0.2) is 15.5 Å². The molecule has 0 aliphatic carbocycles. The van der Waals surface area contributed by atoms with Gasteiger partial charge in [0.15, 0.2) is 5.13 Å². The van der Waals surface area contributed by atoms with Crippen LogP contribution in [0.25, 0.3) is 0 Å². The number of amides is 1. The van der Waals surface area contributed by atoms with Crippen LogP contribution in [-0.2, 0) is 13.6 Å². The topological polar surface area (TPSA) is 72.9 Å². The molecule has 2 heterocycles. The van der Waals surface area contributed by atoms with E-state index >= 15 is 0 Å². The Morgan fingerprint density at radius 3 is 2.94 bits per heavy atom. The largest absolute Gasteiger partial charge is 0.375 e. The molecular formula is C11H14N4OS. The second-order valence-electron chi connectivity index (χ2n) is 3.83. The molecule has 17 heavy (non-hydrogen) atoms. The maximum atomic E-state index is 11.9. The molecule has 0 aromatic carbocycles. The SMILES string of the molecule is Cc1nc(N)sc1C(=O)NCc1ccn(C)c1. The molecule has 0 spiro atoms. The van der Waals surface area contributed by atoms with Crippen LogP contribution in [0, 0.1) is 6.92 Å². The van der Waals surface area contributed by atoms with Gasteiger partial charge < -0.3 is 15.6 Å². The first kappa shape index (κ1) is 11.7. The van der Waals surface area contributed by atoms with Gasteiger partial charge in [0.2, 0.25) is 0 Å². The Labute approximate surface area is 103 Å². The smallest absolute Gasteiger partial charge is 0.263 e. The third-order valence-corrected chi connectivity index (χ3v) is 3.35. The lowest BCUT2D eigenvalue weighted by molar-refractivity contribution is 0.0954. The van der Waals surface area contributed by atoms with Gasteiger partial charge >= 0.3 is 0 Å². The lowest BCUT2D eigenvalue weighted by atomic mass is 10.3. The van der Waals surface area contributed by atoms with Crippen LogP contribution in [0.5, 0.6) is 0 Å². The van der Waals surface area contributed by atoms with Crippen molar-refractivity contribution in [3.8, 4) is 0 Å². The minimum Gasteiger partial charge on any atom is -0.375 e. The normalized spacial score (nSPS) is 10.5. The number of nitrogen functional groups attached to an aromatic ring is 1. The van der Waals surface area contributed by atoms with Gasteiger partial charge in [-0.3, -0.25) is 4.79 Å². The van der Waals surface area contributed by atoms with Crippen molar-refractivity contribution >= 4 is 22.4 Å². The highest BCUT2D eigenvalue weighted by Crippen LogP contribution is 2.19. The number of anilines is 1. The summed E-state index contributed by atoms with van der Waals surface area (Å²) in [6.07, 6.45) is 3.91. The number of aryl methyl sites for hydroxylation is 2. The van der Waals surface area contributed by atoms with Gasteiger partial charge in [-0.2, -0.15) is 0 Å². The van der Waals surface area contributed by atoms with Gasteiger partial charge in [-0.1, -0.05) is 11.3 Å². The molecule has 2 rings (SSSR count). The van der Waals surface area contributed by atoms with Crippen molar-refractivity contribution in [2.45, 2.75) is 13.5 Å². The molecule has 0 saturated carbocycles. The van der Waals surface area contributed by atoms with Crippen LogP contribution in [0.4, 0.5) is 5.13 Å². The summed E-state index contributed by atoms with van der Waals surface area (Å²) >= 11 is 1.21. The van der Waals surface area contributed by atoms with Crippen LogP contribution >= 0.6 is 11.3 Å². The number of hydrogen-bond acceptors (Lipinski definition) is 4. The van der Waals surface area contributed by atoms with Gasteiger partial charge in [0.05, 0.1) is 5.69 Å². The van der Waals surface area contributed by atoms with E-state index in [-0.39, 0.29) is 5.91 Å². The van der Waals surface area contributed by atoms with Gasteiger partial charge in [0.25, 0.3) is 5.91 Å². The highest BCUT2D eigenvalue weighted by Gasteiger charge is 2.13. The van der Waals surface area contributed by atoms with E-state index in [1.165, 1.54) is 11.3 Å². The first-order valence-corrected chi connectivity index (χ1v) is 6.00. The molecule has 0 aliphatic heterocycles. The second kappa shape index (κ2) is 4.58. The van der Waals surface area contributed by atoms with Gasteiger partial charge in [0.1, 0.15) is 4.88 Å². The van der Waals surface area contributed by atoms with E-state index in [0.717, 1.165) is 5.56 Å². The molecule has 0 radical (unpaired) electrons. The number of hydrogen-bond donors (Lipinski definition) is 2. The van der Waals surface area contributed by atoms with E-state index in [1.54, 1.807) is 6.92 Å². The van der Waals surface area contributed by atoms with Gasteiger partial charge in [-0.05, 0) is 18.6 Å². The minimum absolute atomic E-state index is 0.124. The Balaban J connectivity index is 2.00. The summed E-state index contributed by atoms with van der Waals surface area (Å²) in [7, 11) is 1.94. The Morgan fingerprint density at radius 1 is 1.65 bits per heavy atom. The van der Waals surface area contributed by atoms with E-state index in [0.29, 0.717) is 22.2 Å². The van der Waals surface area contributed by atoms with E-state index in [1.807, 2.05) is 30.1 Å². The maximum Gasteiger partial charge on any atom is 0.263 e. The molecule has 0 fully saturated rings. The predicted molar refractivity (Wildman–Crippen MR) is 67.8 cm³/mol. The summed E-state index contributed by atoms with van der Waals surface area (Å²) in [5, 5.41) is 3.27. The molecular weight excluding hydrogens is 236 g/mol. The molecule has 0 bridgehead atoms. The number of thiazole rings is 1. The van der Waals surface area contributed by atoms with E-state index in [2.05, 4.69) is 10.3 Å². The van der Waals surface area contributed by atoms with Crippen LogP contribution < -0.4 is 11.1 Å². The summed E-state index contributed by atoms with van der Waals surface area (Å²) < 4.78 is 1.94. The number of nitrogens with one attached hydrogen (secondary N) is 1. The zero-order valence-electron chi connectivity index (χ0n) is 9.73. The Bertz CT molecular complexity index is 543. The van der Waals surface area contributed by atoms with Crippen molar-refractivity contribution in [1.29, 1.82) is 0 Å². The van der Waals surface area contributed by atoms with Crippen molar-refractivity contribution in [1.82, 2.24) is 14.9 Å². The fourth-order valence-electron chi connectivity index (χ4n) is 1.56. The average Bonchev–Trinajstić information content (AvgIpc) is 2.81. The van der Waals surface area contributed by atoms with E-state index < -0.39 is 0 Å². The molecule has 0 aliphatic rings. The third kappa shape index (κ3) is 2.65. The number of carbonyl (C=O) groups is 1. The molecule has 1 amide bonds. The summed E-state index contributed by atoms with van der Waals surface area (Å²) in [5.41, 5.74) is 7.30. The lowest BCUT2D eigenvalue weighted by Crippen LogP contribution is -2.22. The third-order valence-electron chi connectivity index (χ3n) is 2.37. The number of nitrogens with two attached hydrogens (primary N) is 1. The molecule has 2 aromatic heterocycles. The van der Waals surface area contributed by atoms with Gasteiger partial charge in [0, 0.05) is 26.0 Å². The molecule has 90 valence electrons. The number of rotatable bonds is 3. The van der Waals surface area contributed by atoms with Crippen LogP contribution in [0.15, 0.2) is 18.5 Å². The molecule has 6 heteroatoms. The first-order chi connectivity index (χ1) is 8.06. The molecule has 0 atom stereocenters. The van der Waals surface area contributed by atoms with Gasteiger partial charge in [-0.25, -0.2) is 4.98 Å². The molecule has 0 unspecified atom stereocenters. The summed E-state index contributed by atoms with van der Waals surface area (Å²) in [6, 6.07) is 1.97. The number of nitrogens with zero attached hydrogens (tertiary/aromatic N) is 2. The second-order valence-corrected chi connectivity index (χ2v) is 4.87. The van der Waals surface area contributed by atoms with Crippen LogP contribution in [0.2, 0.25) is 0 Å². The van der Waals surface area contributed by atoms with Crippen LogP contribution in [0.3, 0.4) is 0 Å². The Kier molecular flexibility index (Phi) is 3.14. The summed E-state index contributed by atoms with van der Waals surface area (Å²) in [5.74, 6) is -0.124. The highest BCUT2D eigenvalue weighted by atomic mass is 32.1. The van der Waals surface area contributed by atoms with E-state index in [4.69, 9.17) is 5.73 Å². The van der Waals surface area contributed by atoms with Crippen molar-refractivity contribution in [3.63, 3.8) is 0 Å². The zero-order valence-corrected chi connectivity index (χ0v) is 10.5. The molecule has 3 N–H and O–H groups in total. The predicted octanol–water partition coefficient (Wildman–Crippen LogP) is 1.30. The number of carbonyl (C=O) groups excluding carboxylic acids is 1. The zero-order chi connectivity index (χ0) is 12.4. The van der Waals surface area contributed by atoms with Crippen molar-refractivity contribution in [2.75, 3.05) is 5.73 Å². The van der Waals surface area contributed by atoms with Gasteiger partial charge in [-0.15, -0.1) is 0 Å². The first-order valence-electron chi connectivity index (χ1n) is 5.18. The standard InChI is InChI=1S/C11H14N4OS/c1-7-9(17-11(12)14-7)10(16)13-5-8-3-4-15(2)6-8/h3-4,6H,5H2,1-2H3,(H2,12,14)(H,13,16).